The molecule has 2 heterocycles. The molecule has 2 rings (SSSR count). The van der Waals surface area contributed by atoms with Gasteiger partial charge in [0, 0.05) is 24.0 Å². The van der Waals surface area contributed by atoms with E-state index in [1.807, 2.05) is 18.4 Å². The second-order valence-corrected chi connectivity index (χ2v) is 6.70. The number of hydrogen-bond donors (Lipinski definition) is 1. The third-order valence-electron chi connectivity index (χ3n) is 4.09. The Labute approximate surface area is 115 Å². The van der Waals surface area contributed by atoms with Crippen LogP contribution >= 0.6 is 11.3 Å². The summed E-state index contributed by atoms with van der Waals surface area (Å²) in [5.74, 6) is 1.62. The molecule has 0 radical (unpaired) electrons. The summed E-state index contributed by atoms with van der Waals surface area (Å²) in [4.78, 5) is 8.60. The second-order valence-electron chi connectivity index (χ2n) is 5.70. The fourth-order valence-corrected chi connectivity index (χ4v) is 3.73. The summed E-state index contributed by atoms with van der Waals surface area (Å²) < 4.78 is 0. The van der Waals surface area contributed by atoms with E-state index >= 15 is 0 Å². The van der Waals surface area contributed by atoms with Gasteiger partial charge in [0.25, 0.3) is 0 Å². The highest BCUT2D eigenvalue weighted by Crippen LogP contribution is 2.34. The first-order chi connectivity index (χ1) is 8.52. The summed E-state index contributed by atoms with van der Waals surface area (Å²) >= 11 is 1.86. The van der Waals surface area contributed by atoms with Crippen molar-refractivity contribution in [3.05, 3.63) is 10.6 Å². The Kier molecular flexibility index (Phi) is 4.28. The zero-order valence-electron chi connectivity index (χ0n) is 12.2. The van der Waals surface area contributed by atoms with Crippen LogP contribution in [0.15, 0.2) is 0 Å². The van der Waals surface area contributed by atoms with E-state index in [1.54, 1.807) is 0 Å². The highest BCUT2D eigenvalue weighted by molar-refractivity contribution is 7.15. The lowest BCUT2D eigenvalue weighted by atomic mass is 9.95. The molecule has 0 saturated carbocycles. The Morgan fingerprint density at radius 2 is 2.11 bits per heavy atom. The second kappa shape index (κ2) is 5.57. The largest absolute Gasteiger partial charge is 0.348 e. The number of aryl methyl sites for hydroxylation is 1. The molecule has 3 nitrogen and oxygen atoms in total. The van der Waals surface area contributed by atoms with Crippen molar-refractivity contribution in [1.29, 1.82) is 0 Å². The number of rotatable bonds is 4. The molecule has 1 N–H and O–H groups in total. The maximum Gasteiger partial charge on any atom is 0.185 e. The van der Waals surface area contributed by atoms with Gasteiger partial charge in [0.15, 0.2) is 5.13 Å². The van der Waals surface area contributed by atoms with Gasteiger partial charge in [0.2, 0.25) is 0 Å². The molecule has 0 bridgehead atoms. The lowest BCUT2D eigenvalue weighted by Crippen LogP contribution is -2.20. The first kappa shape index (κ1) is 13.8. The van der Waals surface area contributed by atoms with Crippen molar-refractivity contribution in [2.75, 3.05) is 25.0 Å². The molecule has 4 heteroatoms. The quantitative estimate of drug-likeness (QED) is 0.908. The SMILES string of the molecule is CNC(C)c1sc(N2CCC(C(C)C)C2)nc1C. The molecule has 1 aliphatic heterocycles. The van der Waals surface area contributed by atoms with Crippen LogP contribution in [-0.2, 0) is 0 Å². The van der Waals surface area contributed by atoms with E-state index in [4.69, 9.17) is 4.98 Å². The highest BCUT2D eigenvalue weighted by atomic mass is 32.1. The maximum absolute atomic E-state index is 4.76. The third kappa shape index (κ3) is 2.69. The van der Waals surface area contributed by atoms with Crippen LogP contribution in [0.2, 0.25) is 0 Å². The van der Waals surface area contributed by atoms with Gasteiger partial charge < -0.3 is 10.2 Å². The fraction of sp³-hybridized carbons (Fsp3) is 0.786. The van der Waals surface area contributed by atoms with Crippen molar-refractivity contribution < 1.29 is 0 Å². The molecule has 102 valence electrons. The molecule has 2 atom stereocenters. The average molecular weight is 267 g/mol. The highest BCUT2D eigenvalue weighted by Gasteiger charge is 2.27. The third-order valence-corrected chi connectivity index (χ3v) is 5.49. The standard InChI is InChI=1S/C14H25N3S/c1-9(2)12-6-7-17(8-12)14-16-11(4)13(18-14)10(3)15-5/h9-10,12,15H,6-8H2,1-5H3. The molecular weight excluding hydrogens is 242 g/mol. The van der Waals surface area contributed by atoms with Crippen molar-refractivity contribution in [1.82, 2.24) is 10.3 Å². The smallest absolute Gasteiger partial charge is 0.185 e. The monoisotopic (exact) mass is 267 g/mol. The predicted octanol–water partition coefficient (Wildman–Crippen LogP) is 3.21. The Morgan fingerprint density at radius 3 is 2.67 bits per heavy atom. The minimum atomic E-state index is 0.403. The molecule has 0 aliphatic carbocycles. The zero-order valence-corrected chi connectivity index (χ0v) is 13.0. The Bertz CT molecular complexity index is 400. The van der Waals surface area contributed by atoms with Crippen LogP contribution in [0.5, 0.6) is 0 Å². The van der Waals surface area contributed by atoms with Gasteiger partial charge >= 0.3 is 0 Å². The van der Waals surface area contributed by atoms with Crippen LogP contribution in [-0.4, -0.2) is 25.1 Å². The van der Waals surface area contributed by atoms with Crippen LogP contribution < -0.4 is 10.2 Å². The predicted molar refractivity (Wildman–Crippen MR) is 79.5 cm³/mol. The number of anilines is 1. The van der Waals surface area contributed by atoms with Gasteiger partial charge in [-0.2, -0.15) is 0 Å². The van der Waals surface area contributed by atoms with Crippen LogP contribution in [0.25, 0.3) is 0 Å². The summed E-state index contributed by atoms with van der Waals surface area (Å²) in [6.45, 7) is 11.3. The first-order valence-electron chi connectivity index (χ1n) is 6.92. The summed E-state index contributed by atoms with van der Waals surface area (Å²) in [6, 6.07) is 0.403. The average Bonchev–Trinajstić information content (AvgIpc) is 2.94. The topological polar surface area (TPSA) is 28.2 Å². The van der Waals surface area contributed by atoms with E-state index in [0.29, 0.717) is 6.04 Å². The van der Waals surface area contributed by atoms with E-state index in [0.717, 1.165) is 11.8 Å². The van der Waals surface area contributed by atoms with Crippen molar-refractivity contribution in [2.45, 2.75) is 40.2 Å². The molecule has 1 saturated heterocycles. The number of thiazole rings is 1. The van der Waals surface area contributed by atoms with Gasteiger partial charge in [-0.15, -0.1) is 11.3 Å². The van der Waals surface area contributed by atoms with Crippen molar-refractivity contribution in [3.8, 4) is 0 Å². The summed E-state index contributed by atoms with van der Waals surface area (Å²) in [7, 11) is 2.01. The lowest BCUT2D eigenvalue weighted by molar-refractivity contribution is 0.422. The van der Waals surface area contributed by atoms with Crippen LogP contribution in [0.4, 0.5) is 5.13 Å². The Balaban J connectivity index is 2.11. The summed E-state index contributed by atoms with van der Waals surface area (Å²) in [6.07, 6.45) is 1.31. The van der Waals surface area contributed by atoms with E-state index in [9.17, 15) is 0 Å². The van der Waals surface area contributed by atoms with Gasteiger partial charge in [-0.05, 0) is 39.2 Å². The Morgan fingerprint density at radius 1 is 1.39 bits per heavy atom. The van der Waals surface area contributed by atoms with Gasteiger partial charge in [0.1, 0.15) is 0 Å². The molecule has 0 amide bonds. The van der Waals surface area contributed by atoms with Crippen LogP contribution in [0.1, 0.15) is 43.8 Å². The van der Waals surface area contributed by atoms with Crippen LogP contribution in [0.3, 0.4) is 0 Å². The zero-order chi connectivity index (χ0) is 13.3. The molecule has 1 aliphatic rings. The minimum Gasteiger partial charge on any atom is -0.348 e. The van der Waals surface area contributed by atoms with E-state index in [-0.39, 0.29) is 0 Å². The molecule has 0 aromatic carbocycles. The van der Waals surface area contributed by atoms with Gasteiger partial charge in [0.05, 0.1) is 5.69 Å². The molecule has 1 fully saturated rings. The maximum atomic E-state index is 4.76. The van der Waals surface area contributed by atoms with Crippen LogP contribution in [0, 0.1) is 18.8 Å². The van der Waals surface area contributed by atoms with E-state index in [2.05, 4.69) is 37.9 Å². The summed E-state index contributed by atoms with van der Waals surface area (Å²) in [5.41, 5.74) is 1.19. The number of hydrogen-bond acceptors (Lipinski definition) is 4. The van der Waals surface area contributed by atoms with Gasteiger partial charge in [-0.3, -0.25) is 0 Å². The van der Waals surface area contributed by atoms with E-state index in [1.165, 1.54) is 35.2 Å². The number of nitrogens with one attached hydrogen (secondary N) is 1. The minimum absolute atomic E-state index is 0.403. The van der Waals surface area contributed by atoms with Gasteiger partial charge in [-0.1, -0.05) is 13.8 Å². The Hall–Kier alpha value is -0.610. The molecule has 2 unspecified atom stereocenters. The first-order valence-corrected chi connectivity index (χ1v) is 7.74. The fourth-order valence-electron chi connectivity index (χ4n) is 2.57. The molecule has 18 heavy (non-hydrogen) atoms. The number of aromatic nitrogens is 1. The van der Waals surface area contributed by atoms with Crippen molar-refractivity contribution in [2.24, 2.45) is 11.8 Å². The molecule has 0 spiro atoms. The molecule has 1 aromatic rings. The van der Waals surface area contributed by atoms with Gasteiger partial charge in [-0.25, -0.2) is 4.98 Å². The molecule has 1 aromatic heterocycles. The van der Waals surface area contributed by atoms with E-state index < -0.39 is 0 Å². The van der Waals surface area contributed by atoms with Crippen molar-refractivity contribution >= 4 is 16.5 Å². The normalized spacial score (nSPS) is 21.9. The lowest BCUT2D eigenvalue weighted by Gasteiger charge is -2.16. The van der Waals surface area contributed by atoms with Crippen molar-refractivity contribution in [3.63, 3.8) is 0 Å². The number of nitrogens with zero attached hydrogens (tertiary/aromatic N) is 2. The molecular formula is C14H25N3S. The summed E-state index contributed by atoms with van der Waals surface area (Å²) in [5, 5.41) is 4.52.